The van der Waals surface area contributed by atoms with Crippen molar-refractivity contribution in [3.63, 3.8) is 0 Å². The number of halogens is 1. The molecule has 2 aromatic rings. The Kier molecular flexibility index (Phi) is 3.14. The number of amides is 1. The summed E-state index contributed by atoms with van der Waals surface area (Å²) in [6.07, 6.45) is 0. The normalized spacial score (nSPS) is 10.1. The molecular formula is C13H11FN2O2. The van der Waals surface area contributed by atoms with Crippen molar-refractivity contribution < 1.29 is 14.3 Å². The topological polar surface area (TPSA) is 75.3 Å². The van der Waals surface area contributed by atoms with Gasteiger partial charge in [0.25, 0.3) is 5.91 Å². The number of phenolic OH excluding ortho intramolecular Hbond substituents is 1. The van der Waals surface area contributed by atoms with Gasteiger partial charge in [-0.05, 0) is 36.4 Å². The van der Waals surface area contributed by atoms with Crippen LogP contribution in [0, 0.1) is 5.82 Å². The second-order valence-electron chi connectivity index (χ2n) is 3.74. The van der Waals surface area contributed by atoms with E-state index in [-0.39, 0.29) is 17.0 Å². The smallest absolute Gasteiger partial charge is 0.255 e. The maximum Gasteiger partial charge on any atom is 0.255 e. The molecule has 0 spiro atoms. The molecule has 0 atom stereocenters. The van der Waals surface area contributed by atoms with Gasteiger partial charge in [0.05, 0.1) is 5.69 Å². The quantitative estimate of drug-likeness (QED) is 0.712. The van der Waals surface area contributed by atoms with E-state index in [1.807, 2.05) is 0 Å². The minimum atomic E-state index is -0.594. The van der Waals surface area contributed by atoms with E-state index in [4.69, 9.17) is 5.73 Å². The van der Waals surface area contributed by atoms with Gasteiger partial charge < -0.3 is 16.2 Å². The van der Waals surface area contributed by atoms with Crippen LogP contribution < -0.4 is 11.1 Å². The standard InChI is InChI=1S/C13H11FN2O2/c14-11-7-9(4-5-12(11)15)16-13(18)8-2-1-3-10(17)6-8/h1-7,17H,15H2,(H,16,18). The van der Waals surface area contributed by atoms with Crippen molar-refractivity contribution in [2.45, 2.75) is 0 Å². The lowest BCUT2D eigenvalue weighted by Gasteiger charge is -2.06. The highest BCUT2D eigenvalue weighted by Gasteiger charge is 2.08. The number of nitrogens with one attached hydrogen (secondary N) is 1. The molecule has 0 radical (unpaired) electrons. The van der Waals surface area contributed by atoms with Crippen molar-refractivity contribution in [2.24, 2.45) is 0 Å². The Labute approximate surface area is 103 Å². The van der Waals surface area contributed by atoms with Crippen LogP contribution in [-0.4, -0.2) is 11.0 Å². The van der Waals surface area contributed by atoms with E-state index in [0.29, 0.717) is 5.69 Å². The number of carbonyl (C=O) groups excluding carboxylic acids is 1. The zero-order valence-electron chi connectivity index (χ0n) is 9.35. The number of hydrogen-bond donors (Lipinski definition) is 3. The van der Waals surface area contributed by atoms with E-state index in [1.165, 1.54) is 24.3 Å². The summed E-state index contributed by atoms with van der Waals surface area (Å²) in [4.78, 5) is 11.8. The van der Waals surface area contributed by atoms with Crippen molar-refractivity contribution in [3.8, 4) is 5.75 Å². The molecule has 2 aromatic carbocycles. The molecule has 5 heteroatoms. The Hall–Kier alpha value is -2.56. The zero-order chi connectivity index (χ0) is 13.1. The molecule has 92 valence electrons. The number of nitrogens with two attached hydrogens (primary N) is 1. The molecule has 0 unspecified atom stereocenters. The first-order valence-corrected chi connectivity index (χ1v) is 5.21. The second-order valence-corrected chi connectivity index (χ2v) is 3.74. The van der Waals surface area contributed by atoms with E-state index < -0.39 is 11.7 Å². The van der Waals surface area contributed by atoms with E-state index in [0.717, 1.165) is 6.07 Å². The van der Waals surface area contributed by atoms with Crippen LogP contribution in [0.5, 0.6) is 5.75 Å². The summed E-state index contributed by atoms with van der Waals surface area (Å²) in [6.45, 7) is 0. The van der Waals surface area contributed by atoms with Gasteiger partial charge in [-0.25, -0.2) is 4.39 Å². The first kappa shape index (κ1) is 11.9. The maximum atomic E-state index is 13.2. The highest BCUT2D eigenvalue weighted by molar-refractivity contribution is 6.04. The molecule has 18 heavy (non-hydrogen) atoms. The predicted octanol–water partition coefficient (Wildman–Crippen LogP) is 2.37. The summed E-state index contributed by atoms with van der Waals surface area (Å²) in [6, 6.07) is 9.88. The molecule has 0 bridgehead atoms. The first-order valence-electron chi connectivity index (χ1n) is 5.21. The van der Waals surface area contributed by atoms with Gasteiger partial charge in [0, 0.05) is 11.3 Å². The molecule has 1 amide bonds. The third-order valence-electron chi connectivity index (χ3n) is 2.37. The van der Waals surface area contributed by atoms with E-state index in [1.54, 1.807) is 12.1 Å². The highest BCUT2D eigenvalue weighted by atomic mass is 19.1. The van der Waals surface area contributed by atoms with Crippen LogP contribution in [0.3, 0.4) is 0 Å². The number of benzene rings is 2. The summed E-state index contributed by atoms with van der Waals surface area (Å²) in [5, 5.41) is 11.8. The second kappa shape index (κ2) is 4.75. The van der Waals surface area contributed by atoms with Crippen molar-refractivity contribution in [3.05, 3.63) is 53.8 Å². The Balaban J connectivity index is 2.18. The molecule has 0 aliphatic heterocycles. The first-order chi connectivity index (χ1) is 8.56. The van der Waals surface area contributed by atoms with Crippen LogP contribution >= 0.6 is 0 Å². The van der Waals surface area contributed by atoms with Gasteiger partial charge in [-0.3, -0.25) is 4.79 Å². The summed E-state index contributed by atoms with van der Waals surface area (Å²) in [5.74, 6) is -1.04. The van der Waals surface area contributed by atoms with Gasteiger partial charge in [0.2, 0.25) is 0 Å². The summed E-state index contributed by atoms with van der Waals surface area (Å²) >= 11 is 0. The number of phenols is 1. The molecule has 0 heterocycles. The van der Waals surface area contributed by atoms with E-state index in [2.05, 4.69) is 5.32 Å². The number of rotatable bonds is 2. The Morgan fingerprint density at radius 1 is 1.22 bits per heavy atom. The SMILES string of the molecule is Nc1ccc(NC(=O)c2cccc(O)c2)cc1F. The van der Waals surface area contributed by atoms with E-state index in [9.17, 15) is 14.3 Å². The van der Waals surface area contributed by atoms with Gasteiger partial charge in [0.1, 0.15) is 11.6 Å². The minimum Gasteiger partial charge on any atom is -0.508 e. The molecular weight excluding hydrogens is 235 g/mol. The Morgan fingerprint density at radius 3 is 2.67 bits per heavy atom. The van der Waals surface area contributed by atoms with Gasteiger partial charge in [-0.2, -0.15) is 0 Å². The lowest BCUT2D eigenvalue weighted by molar-refractivity contribution is 0.102. The number of hydrogen-bond acceptors (Lipinski definition) is 3. The molecule has 0 aliphatic rings. The average Bonchev–Trinajstić information content (AvgIpc) is 2.34. The fourth-order valence-corrected chi connectivity index (χ4v) is 1.46. The van der Waals surface area contributed by atoms with Crippen molar-refractivity contribution in [1.82, 2.24) is 0 Å². The van der Waals surface area contributed by atoms with Gasteiger partial charge in [0.15, 0.2) is 0 Å². The van der Waals surface area contributed by atoms with Crippen LogP contribution in [0.2, 0.25) is 0 Å². The van der Waals surface area contributed by atoms with Crippen LogP contribution in [0.25, 0.3) is 0 Å². The van der Waals surface area contributed by atoms with Crippen molar-refractivity contribution >= 4 is 17.3 Å². The minimum absolute atomic E-state index is 0.00821. The fraction of sp³-hybridized carbons (Fsp3) is 0. The predicted molar refractivity (Wildman–Crippen MR) is 66.9 cm³/mol. The average molecular weight is 246 g/mol. The fourth-order valence-electron chi connectivity index (χ4n) is 1.46. The van der Waals surface area contributed by atoms with Crippen molar-refractivity contribution in [1.29, 1.82) is 0 Å². The van der Waals surface area contributed by atoms with Crippen LogP contribution in [0.4, 0.5) is 15.8 Å². The van der Waals surface area contributed by atoms with Gasteiger partial charge in [-0.15, -0.1) is 0 Å². The molecule has 0 aromatic heterocycles. The third-order valence-corrected chi connectivity index (χ3v) is 2.37. The zero-order valence-corrected chi connectivity index (χ0v) is 9.35. The Morgan fingerprint density at radius 2 is 2.00 bits per heavy atom. The molecule has 0 aliphatic carbocycles. The third kappa shape index (κ3) is 2.57. The number of nitrogen functional groups attached to an aromatic ring is 1. The molecule has 0 saturated carbocycles. The molecule has 4 nitrogen and oxygen atoms in total. The van der Waals surface area contributed by atoms with Crippen molar-refractivity contribution in [2.75, 3.05) is 11.1 Å². The van der Waals surface area contributed by atoms with Crippen LogP contribution in [-0.2, 0) is 0 Å². The molecule has 4 N–H and O–H groups in total. The van der Waals surface area contributed by atoms with E-state index >= 15 is 0 Å². The largest absolute Gasteiger partial charge is 0.508 e. The molecule has 0 fully saturated rings. The lowest BCUT2D eigenvalue weighted by atomic mass is 10.2. The monoisotopic (exact) mass is 246 g/mol. The summed E-state index contributed by atoms with van der Waals surface area (Å²) < 4.78 is 13.2. The van der Waals surface area contributed by atoms with Gasteiger partial charge in [-0.1, -0.05) is 6.07 Å². The van der Waals surface area contributed by atoms with Crippen LogP contribution in [0.1, 0.15) is 10.4 Å². The summed E-state index contributed by atoms with van der Waals surface area (Å²) in [7, 11) is 0. The van der Waals surface area contributed by atoms with Crippen LogP contribution in [0.15, 0.2) is 42.5 Å². The Bertz CT molecular complexity index is 599. The molecule has 2 rings (SSSR count). The van der Waals surface area contributed by atoms with Gasteiger partial charge >= 0.3 is 0 Å². The number of aromatic hydroxyl groups is 1. The summed E-state index contributed by atoms with van der Waals surface area (Å²) in [5.41, 5.74) is 5.93. The number of anilines is 2. The molecule has 0 saturated heterocycles. The maximum absolute atomic E-state index is 13.2. The lowest BCUT2D eigenvalue weighted by Crippen LogP contribution is -2.12. The number of carbonyl (C=O) groups is 1. The highest BCUT2D eigenvalue weighted by Crippen LogP contribution is 2.17.